The summed E-state index contributed by atoms with van der Waals surface area (Å²) in [6, 6.07) is 8.62. The number of rotatable bonds is 3. The van der Waals surface area contributed by atoms with E-state index in [1.165, 1.54) is 18.4 Å². The molecule has 0 bridgehead atoms. The largest absolute Gasteiger partial charge is 0.330 e. The van der Waals surface area contributed by atoms with Gasteiger partial charge in [0.2, 0.25) is 0 Å². The summed E-state index contributed by atoms with van der Waals surface area (Å²) in [4.78, 5) is 0. The highest BCUT2D eigenvalue weighted by molar-refractivity contribution is 9.10. The number of hydrogen-bond acceptors (Lipinski definition) is 1. The molecule has 2 atom stereocenters. The van der Waals surface area contributed by atoms with Crippen molar-refractivity contribution in [1.29, 1.82) is 0 Å². The van der Waals surface area contributed by atoms with Crippen LogP contribution in [0.5, 0.6) is 0 Å². The second kappa shape index (κ2) is 3.67. The maximum atomic E-state index is 5.89. The van der Waals surface area contributed by atoms with Crippen LogP contribution in [-0.2, 0) is 5.41 Å². The van der Waals surface area contributed by atoms with Crippen LogP contribution >= 0.6 is 15.9 Å². The Hall–Kier alpha value is -0.340. The zero-order valence-electron chi connectivity index (χ0n) is 8.46. The predicted molar refractivity (Wildman–Crippen MR) is 63.3 cm³/mol. The van der Waals surface area contributed by atoms with Crippen LogP contribution < -0.4 is 5.73 Å². The van der Waals surface area contributed by atoms with Crippen molar-refractivity contribution in [2.24, 2.45) is 11.7 Å². The van der Waals surface area contributed by atoms with Crippen LogP contribution in [0.1, 0.15) is 25.3 Å². The lowest BCUT2D eigenvalue weighted by Gasteiger charge is -2.15. The Kier molecular flexibility index (Phi) is 2.67. The van der Waals surface area contributed by atoms with Crippen LogP contribution in [0.3, 0.4) is 0 Å². The molecule has 2 N–H and O–H groups in total. The van der Waals surface area contributed by atoms with E-state index in [-0.39, 0.29) is 0 Å². The summed E-state index contributed by atoms with van der Waals surface area (Å²) < 4.78 is 1.14. The molecule has 2 heteroatoms. The molecular weight excluding hydrogens is 238 g/mol. The molecular formula is C12H16BrN. The first-order valence-electron chi connectivity index (χ1n) is 5.19. The molecule has 0 heterocycles. The maximum absolute atomic E-state index is 5.89. The van der Waals surface area contributed by atoms with Gasteiger partial charge in [-0.1, -0.05) is 41.4 Å². The molecule has 1 aromatic rings. The van der Waals surface area contributed by atoms with E-state index in [1.54, 1.807) is 0 Å². The van der Waals surface area contributed by atoms with E-state index in [9.17, 15) is 0 Å². The zero-order chi connectivity index (χ0) is 10.2. The molecule has 0 aliphatic heterocycles. The first-order valence-corrected chi connectivity index (χ1v) is 5.98. The van der Waals surface area contributed by atoms with E-state index in [2.05, 4.69) is 47.1 Å². The van der Waals surface area contributed by atoms with Gasteiger partial charge in [0.25, 0.3) is 0 Å². The van der Waals surface area contributed by atoms with Gasteiger partial charge in [0.15, 0.2) is 0 Å². The summed E-state index contributed by atoms with van der Waals surface area (Å²) in [6.45, 7) is 3.04. The molecule has 1 aromatic carbocycles. The van der Waals surface area contributed by atoms with Crippen molar-refractivity contribution >= 4 is 15.9 Å². The number of halogens is 1. The Bertz CT molecular complexity index is 320. The minimum atomic E-state index is 0.301. The van der Waals surface area contributed by atoms with Crippen molar-refractivity contribution in [3.05, 3.63) is 34.3 Å². The van der Waals surface area contributed by atoms with Gasteiger partial charge in [0.05, 0.1) is 0 Å². The standard InChI is InChI=1S/C12H16BrN/c1-2-9-7-12(9,8-14)10-3-5-11(13)6-4-10/h3-6,9H,2,7-8,14H2,1H3/t9-,12-/m0/s1. The molecule has 2 rings (SSSR count). The van der Waals surface area contributed by atoms with Gasteiger partial charge in [-0.15, -0.1) is 0 Å². The van der Waals surface area contributed by atoms with Gasteiger partial charge >= 0.3 is 0 Å². The van der Waals surface area contributed by atoms with Crippen molar-refractivity contribution in [2.75, 3.05) is 6.54 Å². The van der Waals surface area contributed by atoms with Crippen molar-refractivity contribution < 1.29 is 0 Å². The fourth-order valence-electron chi connectivity index (χ4n) is 2.42. The molecule has 76 valence electrons. The summed E-state index contributed by atoms with van der Waals surface area (Å²) >= 11 is 3.46. The first-order chi connectivity index (χ1) is 6.73. The number of hydrogen-bond donors (Lipinski definition) is 1. The Balaban J connectivity index is 2.26. The van der Waals surface area contributed by atoms with Gasteiger partial charge in [-0.25, -0.2) is 0 Å². The van der Waals surface area contributed by atoms with E-state index >= 15 is 0 Å². The zero-order valence-corrected chi connectivity index (χ0v) is 10.0. The van der Waals surface area contributed by atoms with Crippen LogP contribution in [-0.4, -0.2) is 6.54 Å². The molecule has 1 saturated carbocycles. The molecule has 14 heavy (non-hydrogen) atoms. The molecule has 0 radical (unpaired) electrons. The number of nitrogens with two attached hydrogens (primary N) is 1. The minimum Gasteiger partial charge on any atom is -0.330 e. The van der Waals surface area contributed by atoms with E-state index < -0.39 is 0 Å². The molecule has 1 aliphatic rings. The summed E-state index contributed by atoms with van der Waals surface area (Å²) in [7, 11) is 0. The molecule has 0 saturated heterocycles. The monoisotopic (exact) mass is 253 g/mol. The number of benzene rings is 1. The summed E-state index contributed by atoms with van der Waals surface area (Å²) in [5.41, 5.74) is 7.61. The molecule has 0 unspecified atom stereocenters. The van der Waals surface area contributed by atoms with E-state index in [1.807, 2.05) is 0 Å². The highest BCUT2D eigenvalue weighted by atomic mass is 79.9. The van der Waals surface area contributed by atoms with Crippen LogP contribution in [0.2, 0.25) is 0 Å². The molecule has 1 fully saturated rings. The third-order valence-corrected chi connectivity index (χ3v) is 4.04. The topological polar surface area (TPSA) is 26.0 Å². The minimum absolute atomic E-state index is 0.301. The third kappa shape index (κ3) is 1.51. The Morgan fingerprint density at radius 3 is 2.50 bits per heavy atom. The van der Waals surface area contributed by atoms with Crippen LogP contribution in [0, 0.1) is 5.92 Å². The van der Waals surface area contributed by atoms with Gasteiger partial charge < -0.3 is 5.73 Å². The molecule has 0 amide bonds. The van der Waals surface area contributed by atoms with Crippen LogP contribution in [0.15, 0.2) is 28.7 Å². The third-order valence-electron chi connectivity index (χ3n) is 3.51. The smallest absolute Gasteiger partial charge is 0.0175 e. The lowest BCUT2D eigenvalue weighted by atomic mass is 9.93. The average Bonchev–Trinajstić information content (AvgIpc) is 2.94. The van der Waals surface area contributed by atoms with Crippen molar-refractivity contribution in [2.45, 2.75) is 25.2 Å². The summed E-state index contributed by atoms with van der Waals surface area (Å²) in [6.07, 6.45) is 2.51. The lowest BCUT2D eigenvalue weighted by Crippen LogP contribution is -2.22. The molecule has 1 nitrogen and oxygen atoms in total. The van der Waals surface area contributed by atoms with E-state index in [0.29, 0.717) is 5.41 Å². The molecule has 0 aromatic heterocycles. The van der Waals surface area contributed by atoms with Crippen molar-refractivity contribution in [3.8, 4) is 0 Å². The second-order valence-corrected chi connectivity index (χ2v) is 5.09. The van der Waals surface area contributed by atoms with Crippen LogP contribution in [0.25, 0.3) is 0 Å². The Labute approximate surface area is 93.8 Å². The average molecular weight is 254 g/mol. The van der Waals surface area contributed by atoms with Gasteiger partial charge in [0, 0.05) is 16.4 Å². The lowest BCUT2D eigenvalue weighted by molar-refractivity contribution is 0.600. The van der Waals surface area contributed by atoms with Crippen molar-refractivity contribution in [3.63, 3.8) is 0 Å². The first kappa shape index (κ1) is 10.2. The fraction of sp³-hybridized carbons (Fsp3) is 0.500. The van der Waals surface area contributed by atoms with Gasteiger partial charge in [0.1, 0.15) is 0 Å². The van der Waals surface area contributed by atoms with Crippen LogP contribution in [0.4, 0.5) is 0 Å². The Morgan fingerprint density at radius 2 is 2.07 bits per heavy atom. The molecule has 1 aliphatic carbocycles. The van der Waals surface area contributed by atoms with Gasteiger partial charge in [-0.3, -0.25) is 0 Å². The van der Waals surface area contributed by atoms with E-state index in [4.69, 9.17) is 5.73 Å². The Morgan fingerprint density at radius 1 is 1.43 bits per heavy atom. The van der Waals surface area contributed by atoms with Gasteiger partial charge in [-0.2, -0.15) is 0 Å². The predicted octanol–water partition coefficient (Wildman–Crippen LogP) is 3.08. The highest BCUT2D eigenvalue weighted by Crippen LogP contribution is 2.55. The van der Waals surface area contributed by atoms with E-state index in [0.717, 1.165) is 16.9 Å². The fourth-order valence-corrected chi connectivity index (χ4v) is 2.68. The quantitative estimate of drug-likeness (QED) is 0.881. The van der Waals surface area contributed by atoms with Gasteiger partial charge in [-0.05, 0) is 30.0 Å². The van der Waals surface area contributed by atoms with Crippen molar-refractivity contribution in [1.82, 2.24) is 0 Å². The summed E-state index contributed by atoms with van der Waals surface area (Å²) in [5, 5.41) is 0. The second-order valence-electron chi connectivity index (χ2n) is 4.18. The highest BCUT2D eigenvalue weighted by Gasteiger charge is 2.52. The SMILES string of the molecule is CC[C@H]1C[C@@]1(CN)c1ccc(Br)cc1. The summed E-state index contributed by atoms with van der Waals surface area (Å²) in [5.74, 6) is 0.800. The maximum Gasteiger partial charge on any atom is 0.0175 e. The normalized spacial score (nSPS) is 30.4. The molecule has 0 spiro atoms.